The van der Waals surface area contributed by atoms with E-state index in [0.717, 1.165) is 19.4 Å². The van der Waals surface area contributed by atoms with Crippen molar-refractivity contribution in [1.82, 2.24) is 10.6 Å². The predicted molar refractivity (Wildman–Crippen MR) is 59.5 cm³/mol. The first kappa shape index (κ1) is 13.7. The molecule has 1 amide bonds. The molecule has 2 atom stereocenters. The Morgan fingerprint density at radius 2 is 2.36 bits per heavy atom. The van der Waals surface area contributed by atoms with Crippen molar-refractivity contribution in [3.05, 3.63) is 0 Å². The summed E-state index contributed by atoms with van der Waals surface area (Å²) >= 11 is 0. The summed E-state index contributed by atoms with van der Waals surface area (Å²) < 4.78 is 0. The van der Waals surface area contributed by atoms with Gasteiger partial charge in [0.25, 0.3) is 0 Å². The molecule has 0 bridgehead atoms. The van der Waals surface area contributed by atoms with E-state index in [1.807, 2.05) is 13.8 Å². The molecule has 0 aromatic rings. The van der Waals surface area contributed by atoms with Gasteiger partial charge in [0.15, 0.2) is 0 Å². The molecular formula is C9H20ClN3O. The third kappa shape index (κ3) is 3.12. The van der Waals surface area contributed by atoms with Crippen LogP contribution in [0, 0.1) is 0 Å². The van der Waals surface area contributed by atoms with Gasteiger partial charge in [0.05, 0.1) is 5.54 Å². The van der Waals surface area contributed by atoms with Crippen LogP contribution in [0.5, 0.6) is 0 Å². The fourth-order valence-electron chi connectivity index (χ4n) is 1.53. The molecule has 5 heteroatoms. The van der Waals surface area contributed by atoms with Gasteiger partial charge >= 0.3 is 0 Å². The number of amides is 1. The molecule has 84 valence electrons. The van der Waals surface area contributed by atoms with Gasteiger partial charge < -0.3 is 16.4 Å². The number of hydrogen-bond donors (Lipinski definition) is 3. The summed E-state index contributed by atoms with van der Waals surface area (Å²) in [6.07, 6.45) is 1.98. The molecule has 4 nitrogen and oxygen atoms in total. The SMILES string of the molecule is C[C@H](CN)NC(=O)C1(C)CCCN1.Cl. The topological polar surface area (TPSA) is 67.1 Å². The van der Waals surface area contributed by atoms with Crippen LogP contribution in [0.15, 0.2) is 0 Å². The van der Waals surface area contributed by atoms with Gasteiger partial charge in [-0.1, -0.05) is 0 Å². The summed E-state index contributed by atoms with van der Waals surface area (Å²) in [5.74, 6) is 0.0722. The van der Waals surface area contributed by atoms with Crippen molar-refractivity contribution in [3.8, 4) is 0 Å². The molecule has 0 radical (unpaired) electrons. The molecule has 1 heterocycles. The molecule has 1 rings (SSSR count). The van der Waals surface area contributed by atoms with Crippen LogP contribution in [-0.2, 0) is 4.79 Å². The maximum Gasteiger partial charge on any atom is 0.240 e. The highest BCUT2D eigenvalue weighted by molar-refractivity contribution is 5.86. The zero-order chi connectivity index (χ0) is 9.90. The Balaban J connectivity index is 0.00000169. The number of carbonyl (C=O) groups is 1. The Morgan fingerprint density at radius 3 is 2.79 bits per heavy atom. The highest BCUT2D eigenvalue weighted by Gasteiger charge is 2.35. The Bertz CT molecular complexity index is 192. The molecule has 0 saturated carbocycles. The second kappa shape index (κ2) is 5.53. The largest absolute Gasteiger partial charge is 0.351 e. The van der Waals surface area contributed by atoms with E-state index in [0.29, 0.717) is 6.54 Å². The van der Waals surface area contributed by atoms with Crippen LogP contribution in [0.25, 0.3) is 0 Å². The lowest BCUT2D eigenvalue weighted by Gasteiger charge is -2.25. The zero-order valence-electron chi connectivity index (χ0n) is 8.80. The summed E-state index contributed by atoms with van der Waals surface area (Å²) in [4.78, 5) is 11.7. The molecule has 0 aliphatic carbocycles. The van der Waals surface area contributed by atoms with Crippen LogP contribution < -0.4 is 16.4 Å². The van der Waals surface area contributed by atoms with E-state index in [9.17, 15) is 4.79 Å². The van der Waals surface area contributed by atoms with E-state index in [1.165, 1.54) is 0 Å². The second-order valence-electron chi connectivity index (χ2n) is 3.97. The van der Waals surface area contributed by atoms with Crippen molar-refractivity contribution in [2.24, 2.45) is 5.73 Å². The third-order valence-corrected chi connectivity index (χ3v) is 2.60. The summed E-state index contributed by atoms with van der Waals surface area (Å²) in [5, 5.41) is 6.09. The van der Waals surface area contributed by atoms with Crippen LogP contribution in [-0.4, -0.2) is 30.6 Å². The van der Waals surface area contributed by atoms with Gasteiger partial charge in [-0.2, -0.15) is 0 Å². The van der Waals surface area contributed by atoms with Crippen molar-refractivity contribution in [3.63, 3.8) is 0 Å². The van der Waals surface area contributed by atoms with Crippen LogP contribution in [0.2, 0.25) is 0 Å². The standard InChI is InChI=1S/C9H19N3O.ClH/c1-7(6-10)12-8(13)9(2)4-3-5-11-9;/h7,11H,3-6,10H2,1-2H3,(H,12,13);1H/t7-,9?;/m1./s1. The lowest BCUT2D eigenvalue weighted by molar-refractivity contribution is -0.127. The molecule has 1 aliphatic rings. The van der Waals surface area contributed by atoms with Crippen molar-refractivity contribution >= 4 is 18.3 Å². The monoisotopic (exact) mass is 221 g/mol. The summed E-state index contributed by atoms with van der Waals surface area (Å²) in [5.41, 5.74) is 5.06. The maximum atomic E-state index is 11.7. The maximum absolute atomic E-state index is 11.7. The molecule has 1 fully saturated rings. The summed E-state index contributed by atoms with van der Waals surface area (Å²) in [6, 6.07) is 0.0618. The fraction of sp³-hybridized carbons (Fsp3) is 0.889. The van der Waals surface area contributed by atoms with Crippen molar-refractivity contribution in [2.75, 3.05) is 13.1 Å². The average molecular weight is 222 g/mol. The van der Waals surface area contributed by atoms with Gasteiger partial charge in [-0.3, -0.25) is 4.79 Å². The van der Waals surface area contributed by atoms with E-state index in [4.69, 9.17) is 5.73 Å². The molecule has 0 aromatic heterocycles. The molecule has 1 saturated heterocycles. The van der Waals surface area contributed by atoms with Gasteiger partial charge in [-0.15, -0.1) is 12.4 Å². The fourth-order valence-corrected chi connectivity index (χ4v) is 1.53. The van der Waals surface area contributed by atoms with E-state index in [2.05, 4.69) is 10.6 Å². The quantitative estimate of drug-likeness (QED) is 0.629. The van der Waals surface area contributed by atoms with Crippen LogP contribution in [0.4, 0.5) is 0 Å². The molecule has 1 unspecified atom stereocenters. The van der Waals surface area contributed by atoms with Gasteiger partial charge in [0.1, 0.15) is 0 Å². The van der Waals surface area contributed by atoms with Crippen molar-refractivity contribution < 1.29 is 4.79 Å². The molecule has 1 aliphatic heterocycles. The minimum atomic E-state index is -0.372. The second-order valence-corrected chi connectivity index (χ2v) is 3.97. The number of carbonyl (C=O) groups excluding carboxylic acids is 1. The highest BCUT2D eigenvalue weighted by atomic mass is 35.5. The summed E-state index contributed by atoms with van der Waals surface area (Å²) in [7, 11) is 0. The first-order chi connectivity index (χ1) is 6.08. The van der Waals surface area contributed by atoms with Gasteiger partial charge in [-0.05, 0) is 33.2 Å². The zero-order valence-corrected chi connectivity index (χ0v) is 9.62. The van der Waals surface area contributed by atoms with Crippen molar-refractivity contribution in [1.29, 1.82) is 0 Å². The van der Waals surface area contributed by atoms with E-state index >= 15 is 0 Å². The normalized spacial score (nSPS) is 27.9. The van der Waals surface area contributed by atoms with Crippen LogP contribution in [0.3, 0.4) is 0 Å². The van der Waals surface area contributed by atoms with E-state index in [1.54, 1.807) is 0 Å². The lowest BCUT2D eigenvalue weighted by atomic mass is 9.99. The Hall–Kier alpha value is -0.320. The number of rotatable bonds is 3. The van der Waals surface area contributed by atoms with E-state index in [-0.39, 0.29) is 29.9 Å². The van der Waals surface area contributed by atoms with Gasteiger partial charge in [0.2, 0.25) is 5.91 Å². The van der Waals surface area contributed by atoms with E-state index < -0.39 is 0 Å². The Kier molecular flexibility index (Phi) is 5.41. The van der Waals surface area contributed by atoms with Crippen LogP contribution in [0.1, 0.15) is 26.7 Å². The number of hydrogen-bond acceptors (Lipinski definition) is 3. The molecule has 4 N–H and O–H groups in total. The molecule has 14 heavy (non-hydrogen) atoms. The van der Waals surface area contributed by atoms with Crippen molar-refractivity contribution in [2.45, 2.75) is 38.3 Å². The number of nitrogens with two attached hydrogens (primary N) is 1. The minimum absolute atomic E-state index is 0. The predicted octanol–water partition coefficient (Wildman–Crippen LogP) is 0.0137. The lowest BCUT2D eigenvalue weighted by Crippen LogP contribution is -2.54. The van der Waals surface area contributed by atoms with Crippen LogP contribution >= 0.6 is 12.4 Å². The third-order valence-electron chi connectivity index (χ3n) is 2.60. The Labute approximate surface area is 91.4 Å². The average Bonchev–Trinajstić information content (AvgIpc) is 2.53. The minimum Gasteiger partial charge on any atom is -0.351 e. The molecule has 0 aromatic carbocycles. The summed E-state index contributed by atoms with van der Waals surface area (Å²) in [6.45, 7) is 5.28. The first-order valence-corrected chi connectivity index (χ1v) is 4.84. The number of nitrogens with one attached hydrogen (secondary N) is 2. The number of halogens is 1. The Morgan fingerprint density at radius 1 is 1.71 bits per heavy atom. The molecular weight excluding hydrogens is 202 g/mol. The van der Waals surface area contributed by atoms with Gasteiger partial charge in [0, 0.05) is 12.6 Å². The molecule has 0 spiro atoms. The smallest absolute Gasteiger partial charge is 0.240 e. The first-order valence-electron chi connectivity index (χ1n) is 4.84. The highest BCUT2D eigenvalue weighted by Crippen LogP contribution is 2.18. The van der Waals surface area contributed by atoms with Gasteiger partial charge in [-0.25, -0.2) is 0 Å².